The molecule has 0 aliphatic heterocycles. The number of amides is 2. The minimum atomic E-state index is -0.631. The molecule has 0 fully saturated rings. The SMILES string of the molecule is CCOC(=O)NC(=Nc1cc(C(=O)c2ccccc2)ccc1NC(C)=O)SC. The summed E-state index contributed by atoms with van der Waals surface area (Å²) in [7, 11) is 0. The van der Waals surface area contributed by atoms with E-state index in [4.69, 9.17) is 4.74 Å². The van der Waals surface area contributed by atoms with Crippen LogP contribution in [0.3, 0.4) is 0 Å². The number of ether oxygens (including phenoxy) is 1. The molecule has 2 amide bonds. The molecule has 146 valence electrons. The van der Waals surface area contributed by atoms with Gasteiger partial charge in [-0.3, -0.25) is 14.9 Å². The summed E-state index contributed by atoms with van der Waals surface area (Å²) in [6.07, 6.45) is 1.11. The monoisotopic (exact) mass is 399 g/mol. The summed E-state index contributed by atoms with van der Waals surface area (Å²) in [5.41, 5.74) is 1.72. The first-order valence-corrected chi connectivity index (χ1v) is 9.75. The summed E-state index contributed by atoms with van der Waals surface area (Å²) in [6, 6.07) is 13.7. The van der Waals surface area contributed by atoms with Crippen LogP contribution in [0.4, 0.5) is 16.2 Å². The van der Waals surface area contributed by atoms with E-state index < -0.39 is 6.09 Å². The minimum Gasteiger partial charge on any atom is -0.450 e. The second-order valence-electron chi connectivity index (χ2n) is 5.57. The molecule has 0 aliphatic carbocycles. The Hall–Kier alpha value is -3.13. The Kier molecular flexibility index (Phi) is 7.76. The van der Waals surface area contributed by atoms with Crippen molar-refractivity contribution in [3.05, 3.63) is 59.7 Å². The van der Waals surface area contributed by atoms with Crippen LogP contribution >= 0.6 is 11.8 Å². The maximum absolute atomic E-state index is 12.7. The Bertz CT molecular complexity index is 898. The fraction of sp³-hybridized carbons (Fsp3) is 0.200. The normalized spacial score (nSPS) is 10.9. The summed E-state index contributed by atoms with van der Waals surface area (Å²) in [4.78, 5) is 40.3. The highest BCUT2D eigenvalue weighted by Gasteiger charge is 2.14. The molecule has 8 heteroatoms. The van der Waals surface area contributed by atoms with Crippen molar-refractivity contribution >= 4 is 46.1 Å². The average Bonchev–Trinajstić information content (AvgIpc) is 2.68. The maximum Gasteiger partial charge on any atom is 0.413 e. The van der Waals surface area contributed by atoms with E-state index in [1.54, 1.807) is 55.6 Å². The zero-order valence-corrected chi connectivity index (χ0v) is 16.6. The van der Waals surface area contributed by atoms with Crippen molar-refractivity contribution in [2.75, 3.05) is 18.2 Å². The highest BCUT2D eigenvalue weighted by Crippen LogP contribution is 2.28. The number of nitrogens with zero attached hydrogens (tertiary/aromatic N) is 1. The Morgan fingerprint density at radius 3 is 2.39 bits per heavy atom. The number of hydrogen-bond donors (Lipinski definition) is 2. The van der Waals surface area contributed by atoms with E-state index in [0.29, 0.717) is 22.5 Å². The van der Waals surface area contributed by atoms with Gasteiger partial charge in [-0.2, -0.15) is 0 Å². The van der Waals surface area contributed by atoms with Crippen LogP contribution in [0.25, 0.3) is 0 Å². The van der Waals surface area contributed by atoms with Crippen molar-refractivity contribution in [1.82, 2.24) is 5.32 Å². The molecule has 0 saturated carbocycles. The number of hydrogen-bond acceptors (Lipinski definition) is 6. The van der Waals surface area contributed by atoms with Crippen molar-refractivity contribution in [3.8, 4) is 0 Å². The van der Waals surface area contributed by atoms with Gasteiger partial charge in [0.25, 0.3) is 0 Å². The highest BCUT2D eigenvalue weighted by atomic mass is 32.2. The van der Waals surface area contributed by atoms with Crippen LogP contribution in [0.2, 0.25) is 0 Å². The molecule has 0 spiro atoms. The fourth-order valence-corrected chi connectivity index (χ4v) is 2.68. The molecular formula is C20H21N3O4S. The van der Waals surface area contributed by atoms with Gasteiger partial charge in [-0.15, -0.1) is 0 Å². The lowest BCUT2D eigenvalue weighted by molar-refractivity contribution is -0.114. The average molecular weight is 399 g/mol. The van der Waals surface area contributed by atoms with Gasteiger partial charge in [-0.25, -0.2) is 9.79 Å². The number of ketones is 1. The fourth-order valence-electron chi connectivity index (χ4n) is 2.31. The number of anilines is 1. The molecule has 0 bridgehead atoms. The summed E-state index contributed by atoms with van der Waals surface area (Å²) in [5.74, 6) is -0.446. The smallest absolute Gasteiger partial charge is 0.413 e. The van der Waals surface area contributed by atoms with Crippen molar-refractivity contribution in [1.29, 1.82) is 0 Å². The Balaban J connectivity index is 2.43. The van der Waals surface area contributed by atoms with Crippen LogP contribution in [0.1, 0.15) is 29.8 Å². The highest BCUT2D eigenvalue weighted by molar-refractivity contribution is 8.13. The molecule has 28 heavy (non-hydrogen) atoms. The van der Waals surface area contributed by atoms with Gasteiger partial charge in [-0.05, 0) is 31.4 Å². The molecular weight excluding hydrogens is 378 g/mol. The molecule has 2 rings (SSSR count). The number of carbonyl (C=O) groups is 3. The molecule has 2 N–H and O–H groups in total. The predicted octanol–water partition coefficient (Wildman–Crippen LogP) is 3.97. The Labute approximate surface area is 167 Å². The van der Waals surface area contributed by atoms with E-state index in [9.17, 15) is 14.4 Å². The van der Waals surface area contributed by atoms with Crippen LogP contribution in [-0.2, 0) is 9.53 Å². The first-order valence-electron chi connectivity index (χ1n) is 8.52. The molecule has 0 radical (unpaired) electrons. The first-order chi connectivity index (χ1) is 13.4. The van der Waals surface area contributed by atoms with E-state index in [1.807, 2.05) is 6.07 Å². The molecule has 0 saturated heterocycles. The molecule has 7 nitrogen and oxygen atoms in total. The molecule has 2 aromatic carbocycles. The van der Waals surface area contributed by atoms with Gasteiger partial charge in [0.1, 0.15) is 0 Å². The molecule has 0 aromatic heterocycles. The maximum atomic E-state index is 12.7. The van der Waals surface area contributed by atoms with Crippen molar-refractivity contribution in [2.45, 2.75) is 13.8 Å². The third kappa shape index (κ3) is 5.95. The molecule has 2 aromatic rings. The van der Waals surface area contributed by atoms with Gasteiger partial charge in [0, 0.05) is 18.1 Å². The number of carbonyl (C=O) groups excluding carboxylic acids is 3. The topological polar surface area (TPSA) is 96.9 Å². The van der Waals surface area contributed by atoms with E-state index in [-0.39, 0.29) is 23.5 Å². The standard InChI is InChI=1S/C20H21N3O4S/c1-4-27-20(26)23-19(28-3)22-17-12-15(10-11-16(17)21-13(2)24)18(25)14-8-6-5-7-9-14/h5-12H,4H2,1-3H3,(H,21,24)(H,22,23,26). The van der Waals surface area contributed by atoms with Crippen LogP contribution in [0, 0.1) is 0 Å². The summed E-state index contributed by atoms with van der Waals surface area (Å²) < 4.78 is 4.86. The third-order valence-corrected chi connectivity index (χ3v) is 4.09. The van der Waals surface area contributed by atoms with Crippen LogP contribution < -0.4 is 10.6 Å². The van der Waals surface area contributed by atoms with Gasteiger partial charge in [0.2, 0.25) is 5.91 Å². The Morgan fingerprint density at radius 2 is 1.79 bits per heavy atom. The van der Waals surface area contributed by atoms with E-state index in [2.05, 4.69) is 15.6 Å². The van der Waals surface area contributed by atoms with Gasteiger partial charge < -0.3 is 10.1 Å². The lowest BCUT2D eigenvalue weighted by atomic mass is 10.0. The second kappa shape index (κ2) is 10.3. The summed E-state index contributed by atoms with van der Waals surface area (Å²) in [5, 5.41) is 5.48. The number of amidine groups is 1. The second-order valence-corrected chi connectivity index (χ2v) is 6.37. The van der Waals surface area contributed by atoms with Crippen LogP contribution in [0.5, 0.6) is 0 Å². The first kappa shape index (κ1) is 21.2. The predicted molar refractivity (Wildman–Crippen MR) is 111 cm³/mol. The quantitative estimate of drug-likeness (QED) is 0.450. The largest absolute Gasteiger partial charge is 0.450 e. The minimum absolute atomic E-state index is 0.171. The Morgan fingerprint density at radius 1 is 1.07 bits per heavy atom. The number of alkyl carbamates (subject to hydrolysis) is 1. The third-order valence-electron chi connectivity index (χ3n) is 3.51. The van der Waals surface area contributed by atoms with E-state index >= 15 is 0 Å². The summed E-state index contributed by atoms with van der Waals surface area (Å²) in [6.45, 7) is 3.30. The number of thioether (sulfide) groups is 1. The van der Waals surface area contributed by atoms with Crippen molar-refractivity contribution in [2.24, 2.45) is 4.99 Å². The molecule has 0 heterocycles. The van der Waals surface area contributed by atoms with Gasteiger partial charge >= 0.3 is 6.09 Å². The molecule has 0 aliphatic rings. The molecule has 0 atom stereocenters. The zero-order chi connectivity index (χ0) is 20.5. The number of rotatable bonds is 5. The lowest BCUT2D eigenvalue weighted by Crippen LogP contribution is -2.28. The molecule has 0 unspecified atom stereocenters. The van der Waals surface area contributed by atoms with Gasteiger partial charge in [0.15, 0.2) is 11.0 Å². The lowest BCUT2D eigenvalue weighted by Gasteiger charge is -2.11. The van der Waals surface area contributed by atoms with Gasteiger partial charge in [-0.1, -0.05) is 42.1 Å². The number of aliphatic imine (C=N–C) groups is 1. The summed E-state index contributed by atoms with van der Waals surface area (Å²) >= 11 is 1.20. The zero-order valence-electron chi connectivity index (χ0n) is 15.8. The van der Waals surface area contributed by atoms with E-state index in [0.717, 1.165) is 0 Å². The van der Waals surface area contributed by atoms with E-state index in [1.165, 1.54) is 18.7 Å². The van der Waals surface area contributed by atoms with Crippen molar-refractivity contribution in [3.63, 3.8) is 0 Å². The van der Waals surface area contributed by atoms with Crippen LogP contribution in [0.15, 0.2) is 53.5 Å². The van der Waals surface area contributed by atoms with Gasteiger partial charge in [0.05, 0.1) is 18.0 Å². The van der Waals surface area contributed by atoms with Crippen molar-refractivity contribution < 1.29 is 19.1 Å². The number of nitrogens with one attached hydrogen (secondary N) is 2. The number of benzene rings is 2. The van der Waals surface area contributed by atoms with Crippen LogP contribution in [-0.4, -0.2) is 35.8 Å².